The number of nitrogens with zero attached hydrogens (tertiary/aromatic N) is 4. The molecule has 1 saturated heterocycles. The number of ether oxygens (including phenoxy) is 2. The van der Waals surface area contributed by atoms with Gasteiger partial charge in [0.1, 0.15) is 0 Å². The van der Waals surface area contributed by atoms with Crippen LogP contribution >= 0.6 is 0 Å². The predicted octanol–water partition coefficient (Wildman–Crippen LogP) is 2.93. The highest BCUT2D eigenvalue weighted by Crippen LogP contribution is 2.29. The maximum atomic E-state index is 12.5. The zero-order valence-corrected chi connectivity index (χ0v) is 19.2. The Hall–Kier alpha value is -3.41. The van der Waals surface area contributed by atoms with Gasteiger partial charge >= 0.3 is 0 Å². The Morgan fingerprint density at radius 2 is 1.88 bits per heavy atom. The van der Waals surface area contributed by atoms with E-state index in [1.165, 1.54) is 0 Å². The number of likely N-dealkylation sites (tertiary alicyclic amines) is 1. The molecule has 4 heterocycles. The van der Waals surface area contributed by atoms with Gasteiger partial charge in [-0.15, -0.1) is 0 Å². The Bertz CT molecular complexity index is 1260. The molecule has 0 bridgehead atoms. The van der Waals surface area contributed by atoms with Crippen molar-refractivity contribution in [3.8, 4) is 17.6 Å². The number of nitriles is 1. The number of benzene rings is 1. The number of fused-ring (bicyclic) bond motifs is 2. The second kappa shape index (κ2) is 10.2. The van der Waals surface area contributed by atoms with Gasteiger partial charge in [-0.2, -0.15) is 5.26 Å². The van der Waals surface area contributed by atoms with Gasteiger partial charge in [-0.05, 0) is 49.5 Å². The van der Waals surface area contributed by atoms with E-state index >= 15 is 0 Å². The van der Waals surface area contributed by atoms with E-state index in [0.717, 1.165) is 67.0 Å². The number of aromatic nitrogens is 2. The Balaban J connectivity index is 0.00000289. The largest absolute Gasteiger partial charge is 0.489 e. The minimum atomic E-state index is -0.0261. The second-order valence-corrected chi connectivity index (χ2v) is 8.88. The van der Waals surface area contributed by atoms with Crippen LogP contribution in [-0.4, -0.2) is 53.3 Å². The molecule has 2 aliphatic rings. The van der Waals surface area contributed by atoms with Gasteiger partial charge in [-0.25, -0.2) is 0 Å². The van der Waals surface area contributed by atoms with Gasteiger partial charge in [0.2, 0.25) is 0 Å². The Kier molecular flexibility index (Phi) is 6.74. The average Bonchev–Trinajstić information content (AvgIpc) is 3.12. The topological polar surface area (TPSA) is 92.4 Å². The summed E-state index contributed by atoms with van der Waals surface area (Å²) in [5, 5.41) is 13.8. The van der Waals surface area contributed by atoms with Crippen LogP contribution in [0.4, 0.5) is 0 Å². The van der Waals surface area contributed by atoms with E-state index in [-0.39, 0.29) is 6.99 Å². The van der Waals surface area contributed by atoms with E-state index in [4.69, 9.17) is 9.47 Å². The first kappa shape index (κ1) is 22.4. The second-order valence-electron chi connectivity index (χ2n) is 8.88. The van der Waals surface area contributed by atoms with Gasteiger partial charge in [0.05, 0.1) is 42.3 Å². The Morgan fingerprint density at radius 3 is 2.71 bits per heavy atom. The van der Waals surface area contributed by atoms with E-state index in [1.807, 2.05) is 18.2 Å². The third kappa shape index (κ3) is 5.06. The lowest BCUT2D eigenvalue weighted by Crippen LogP contribution is -2.43. The molecule has 2 aliphatic heterocycles. The highest BCUT2D eigenvalue weighted by Gasteiger charge is 2.20. The minimum Gasteiger partial charge on any atom is -0.489 e. The van der Waals surface area contributed by atoms with E-state index in [0.29, 0.717) is 37.9 Å². The van der Waals surface area contributed by atoms with Gasteiger partial charge in [-0.1, -0.05) is 6.07 Å². The lowest BCUT2D eigenvalue weighted by Gasteiger charge is -2.32. The van der Waals surface area contributed by atoms with Crippen molar-refractivity contribution in [1.29, 1.82) is 5.26 Å². The van der Waals surface area contributed by atoms with Crippen LogP contribution in [0, 0.1) is 11.3 Å². The fraction of sp³-hybridized carbons (Fsp3) is 0.423. The third-order valence-corrected chi connectivity index (χ3v) is 6.61. The highest BCUT2D eigenvalue weighted by molar-refractivity contribution is 5.80. The van der Waals surface area contributed by atoms with Crippen LogP contribution < -0.4 is 20.3 Å². The SMILES string of the molecule is N#Cc1ccc2ccc(=O)n(CCN3CCC(NCc4cc5c(cn4)OCCCO5)CC3)c2c1.[HH]. The first-order valence-electron chi connectivity index (χ1n) is 11.9. The van der Waals surface area contributed by atoms with Crippen molar-refractivity contribution in [1.82, 2.24) is 19.8 Å². The van der Waals surface area contributed by atoms with Crippen LogP contribution in [0.3, 0.4) is 0 Å². The van der Waals surface area contributed by atoms with E-state index < -0.39 is 0 Å². The first-order chi connectivity index (χ1) is 16.7. The molecular weight excluding hydrogens is 430 g/mol. The number of hydrogen-bond donors (Lipinski definition) is 1. The molecule has 0 saturated carbocycles. The van der Waals surface area contributed by atoms with Crippen molar-refractivity contribution in [2.45, 2.75) is 38.4 Å². The number of piperidine rings is 1. The standard InChI is InChI=1S/C26H29N5O3.H2/c27-16-19-2-3-20-4-5-26(32)31(23(20)14-19)11-10-30-8-6-21(7-9-30)28-17-22-15-24-25(18-29-22)34-13-1-12-33-24;/h2-5,14-15,18,21,28H,1,6-13,17H2;1H. The van der Waals surface area contributed by atoms with Crippen LogP contribution in [0.25, 0.3) is 10.9 Å². The molecule has 8 heteroatoms. The van der Waals surface area contributed by atoms with Crippen LogP contribution in [-0.2, 0) is 13.1 Å². The molecular formula is C26H31N5O3. The number of hydrogen-bond acceptors (Lipinski definition) is 7. The Labute approximate surface area is 200 Å². The van der Waals surface area contributed by atoms with Gasteiger partial charge in [0, 0.05) is 45.7 Å². The van der Waals surface area contributed by atoms with Gasteiger partial charge in [-0.3, -0.25) is 9.78 Å². The number of rotatable bonds is 6. The molecule has 5 rings (SSSR count). The number of nitrogens with one attached hydrogen (secondary N) is 1. The average molecular weight is 462 g/mol. The van der Waals surface area contributed by atoms with E-state index in [9.17, 15) is 10.1 Å². The fourth-order valence-electron chi connectivity index (χ4n) is 4.65. The smallest absolute Gasteiger partial charge is 0.251 e. The van der Waals surface area contributed by atoms with Crippen molar-refractivity contribution in [3.05, 3.63) is 64.2 Å². The molecule has 8 nitrogen and oxygen atoms in total. The summed E-state index contributed by atoms with van der Waals surface area (Å²) in [5.41, 5.74) is 2.33. The van der Waals surface area contributed by atoms with Crippen molar-refractivity contribution >= 4 is 10.9 Å². The number of pyridine rings is 2. The molecule has 1 N–H and O–H groups in total. The first-order valence-corrected chi connectivity index (χ1v) is 11.9. The summed E-state index contributed by atoms with van der Waals surface area (Å²) < 4.78 is 13.2. The molecule has 34 heavy (non-hydrogen) atoms. The van der Waals surface area contributed by atoms with Gasteiger partial charge in [0.25, 0.3) is 5.56 Å². The van der Waals surface area contributed by atoms with Crippen LogP contribution in [0.5, 0.6) is 11.5 Å². The van der Waals surface area contributed by atoms with Gasteiger partial charge in [0.15, 0.2) is 11.5 Å². The van der Waals surface area contributed by atoms with Crippen LogP contribution in [0.15, 0.2) is 47.4 Å². The molecule has 0 spiro atoms. The van der Waals surface area contributed by atoms with Crippen molar-refractivity contribution in [2.75, 3.05) is 32.8 Å². The Morgan fingerprint density at radius 1 is 1.09 bits per heavy atom. The van der Waals surface area contributed by atoms with Crippen LogP contribution in [0.1, 0.15) is 31.9 Å². The molecule has 0 radical (unpaired) electrons. The monoisotopic (exact) mass is 461 g/mol. The van der Waals surface area contributed by atoms with E-state index in [2.05, 4.69) is 21.3 Å². The van der Waals surface area contributed by atoms with Gasteiger partial charge < -0.3 is 24.3 Å². The van der Waals surface area contributed by atoms with Crippen molar-refractivity contribution < 1.29 is 10.9 Å². The maximum absolute atomic E-state index is 12.5. The zero-order chi connectivity index (χ0) is 23.3. The molecule has 2 aromatic heterocycles. The summed E-state index contributed by atoms with van der Waals surface area (Å²) in [6.07, 6.45) is 4.74. The summed E-state index contributed by atoms with van der Waals surface area (Å²) in [6.45, 7) is 5.43. The summed E-state index contributed by atoms with van der Waals surface area (Å²) in [6, 6.07) is 13.5. The fourth-order valence-corrected chi connectivity index (χ4v) is 4.65. The third-order valence-electron chi connectivity index (χ3n) is 6.61. The molecule has 0 amide bonds. The molecule has 3 aromatic rings. The maximum Gasteiger partial charge on any atom is 0.251 e. The molecule has 0 aliphatic carbocycles. The van der Waals surface area contributed by atoms with Crippen molar-refractivity contribution in [2.24, 2.45) is 0 Å². The highest BCUT2D eigenvalue weighted by atomic mass is 16.5. The van der Waals surface area contributed by atoms with Crippen molar-refractivity contribution in [3.63, 3.8) is 0 Å². The minimum absolute atomic E-state index is 0. The molecule has 0 atom stereocenters. The molecule has 1 fully saturated rings. The summed E-state index contributed by atoms with van der Waals surface area (Å²) in [4.78, 5) is 19.4. The summed E-state index contributed by atoms with van der Waals surface area (Å²) in [5.74, 6) is 1.51. The quantitative estimate of drug-likeness (QED) is 0.603. The lowest BCUT2D eigenvalue weighted by molar-refractivity contribution is 0.191. The predicted molar refractivity (Wildman–Crippen MR) is 131 cm³/mol. The zero-order valence-electron chi connectivity index (χ0n) is 19.2. The van der Waals surface area contributed by atoms with E-state index in [1.54, 1.807) is 29.0 Å². The molecule has 1 aromatic carbocycles. The lowest BCUT2D eigenvalue weighted by atomic mass is 10.0. The normalized spacial score (nSPS) is 16.8. The van der Waals surface area contributed by atoms with Crippen LogP contribution in [0.2, 0.25) is 0 Å². The summed E-state index contributed by atoms with van der Waals surface area (Å²) >= 11 is 0. The molecule has 0 unspecified atom stereocenters. The molecule has 178 valence electrons. The summed E-state index contributed by atoms with van der Waals surface area (Å²) in [7, 11) is 0.